The van der Waals surface area contributed by atoms with E-state index in [-0.39, 0.29) is 18.4 Å². The van der Waals surface area contributed by atoms with Gasteiger partial charge in [0.15, 0.2) is 0 Å². The summed E-state index contributed by atoms with van der Waals surface area (Å²) in [5, 5.41) is 2.68. The van der Waals surface area contributed by atoms with Crippen molar-refractivity contribution in [3.8, 4) is 0 Å². The van der Waals surface area contributed by atoms with Crippen LogP contribution in [0.15, 0.2) is 24.5 Å². The molecule has 23 heavy (non-hydrogen) atoms. The van der Waals surface area contributed by atoms with Crippen molar-refractivity contribution in [1.82, 2.24) is 19.4 Å². The van der Waals surface area contributed by atoms with Crippen LogP contribution in [0.4, 0.5) is 5.82 Å². The van der Waals surface area contributed by atoms with Crippen LogP contribution in [-0.2, 0) is 17.8 Å². The van der Waals surface area contributed by atoms with Crippen LogP contribution in [0.2, 0.25) is 0 Å². The number of nitrogens with one attached hydrogen (secondary N) is 1. The van der Waals surface area contributed by atoms with Crippen molar-refractivity contribution in [2.75, 3.05) is 18.9 Å². The van der Waals surface area contributed by atoms with E-state index in [0.29, 0.717) is 11.5 Å². The van der Waals surface area contributed by atoms with E-state index in [4.69, 9.17) is 0 Å². The lowest BCUT2D eigenvalue weighted by Gasteiger charge is -2.15. The van der Waals surface area contributed by atoms with Gasteiger partial charge < -0.3 is 14.8 Å². The highest BCUT2D eigenvalue weighted by atomic mass is 16.2. The molecule has 120 valence electrons. The minimum absolute atomic E-state index is 0.0451. The number of hydrogen-bond donors (Lipinski definition) is 1. The molecule has 1 aliphatic heterocycles. The molecule has 7 heteroatoms. The molecule has 0 bridgehead atoms. The second-order valence-electron chi connectivity index (χ2n) is 5.77. The zero-order chi connectivity index (χ0) is 16.4. The van der Waals surface area contributed by atoms with E-state index >= 15 is 0 Å². The number of imidazole rings is 1. The summed E-state index contributed by atoms with van der Waals surface area (Å²) in [5.41, 5.74) is 1.41. The lowest BCUT2D eigenvalue weighted by Crippen LogP contribution is -2.35. The van der Waals surface area contributed by atoms with Gasteiger partial charge in [-0.15, -0.1) is 0 Å². The molecule has 0 radical (unpaired) electrons. The fourth-order valence-electron chi connectivity index (χ4n) is 2.56. The van der Waals surface area contributed by atoms with Gasteiger partial charge in [0.25, 0.3) is 5.91 Å². The molecule has 0 fully saturated rings. The van der Waals surface area contributed by atoms with Crippen molar-refractivity contribution < 1.29 is 9.59 Å². The molecule has 2 amide bonds. The van der Waals surface area contributed by atoms with Crippen LogP contribution in [0.25, 0.3) is 0 Å². The SMILES string of the molecule is Cc1ccc(NC(=O)CN(C)C(=O)c2cn3c(n2)CCC3)nc1. The maximum absolute atomic E-state index is 12.3. The Kier molecular flexibility index (Phi) is 4.10. The molecule has 3 rings (SSSR count). The van der Waals surface area contributed by atoms with E-state index in [9.17, 15) is 9.59 Å². The van der Waals surface area contributed by atoms with Crippen molar-refractivity contribution in [1.29, 1.82) is 0 Å². The number of anilines is 1. The zero-order valence-corrected chi connectivity index (χ0v) is 13.2. The van der Waals surface area contributed by atoms with Gasteiger partial charge in [0, 0.05) is 32.4 Å². The number of aryl methyl sites for hydroxylation is 3. The molecule has 0 spiro atoms. The van der Waals surface area contributed by atoms with Crippen molar-refractivity contribution in [2.45, 2.75) is 26.3 Å². The van der Waals surface area contributed by atoms with E-state index in [1.165, 1.54) is 4.90 Å². The Hall–Kier alpha value is -2.70. The Balaban J connectivity index is 1.59. The molecule has 0 unspecified atom stereocenters. The molecule has 2 aromatic rings. The largest absolute Gasteiger partial charge is 0.334 e. The third kappa shape index (κ3) is 3.39. The maximum Gasteiger partial charge on any atom is 0.274 e. The van der Waals surface area contributed by atoms with Crippen molar-refractivity contribution in [3.05, 3.63) is 41.6 Å². The van der Waals surface area contributed by atoms with Gasteiger partial charge in [-0.1, -0.05) is 6.07 Å². The third-order valence-electron chi connectivity index (χ3n) is 3.78. The van der Waals surface area contributed by atoms with Crippen molar-refractivity contribution in [2.24, 2.45) is 0 Å². The van der Waals surface area contributed by atoms with Gasteiger partial charge in [-0.3, -0.25) is 9.59 Å². The monoisotopic (exact) mass is 313 g/mol. The van der Waals surface area contributed by atoms with Gasteiger partial charge >= 0.3 is 0 Å². The fraction of sp³-hybridized carbons (Fsp3) is 0.375. The lowest BCUT2D eigenvalue weighted by atomic mass is 10.3. The number of amides is 2. The molecular weight excluding hydrogens is 294 g/mol. The number of rotatable bonds is 4. The first-order valence-corrected chi connectivity index (χ1v) is 7.57. The number of nitrogens with zero attached hydrogens (tertiary/aromatic N) is 4. The molecule has 1 aliphatic rings. The summed E-state index contributed by atoms with van der Waals surface area (Å²) in [6, 6.07) is 3.60. The van der Waals surface area contributed by atoms with Gasteiger partial charge in [0.2, 0.25) is 5.91 Å². The average molecular weight is 313 g/mol. The molecule has 0 saturated carbocycles. The first-order chi connectivity index (χ1) is 11.0. The summed E-state index contributed by atoms with van der Waals surface area (Å²) in [4.78, 5) is 34.2. The van der Waals surface area contributed by atoms with E-state index < -0.39 is 0 Å². The molecule has 0 aromatic carbocycles. The number of hydrogen-bond acceptors (Lipinski definition) is 4. The highest BCUT2D eigenvalue weighted by molar-refractivity contribution is 5.97. The number of fused-ring (bicyclic) bond motifs is 1. The number of pyridine rings is 1. The third-order valence-corrected chi connectivity index (χ3v) is 3.78. The van der Waals surface area contributed by atoms with Crippen LogP contribution in [0, 0.1) is 6.92 Å². The standard InChI is InChI=1S/C16H19N5O2/c1-11-5-6-13(17-8-11)19-15(22)10-20(2)16(23)12-9-21-7-3-4-14(21)18-12/h5-6,8-9H,3-4,7,10H2,1-2H3,(H,17,19,22). The van der Waals surface area contributed by atoms with Crippen LogP contribution >= 0.6 is 0 Å². The number of carbonyl (C=O) groups is 2. The van der Waals surface area contributed by atoms with Gasteiger partial charge in [0.05, 0.1) is 6.54 Å². The van der Waals surface area contributed by atoms with Crippen LogP contribution in [0.1, 0.15) is 28.3 Å². The molecule has 0 aliphatic carbocycles. The minimum atomic E-state index is -0.288. The molecule has 0 saturated heterocycles. The average Bonchev–Trinajstić information content (AvgIpc) is 3.10. The molecule has 7 nitrogen and oxygen atoms in total. The highest BCUT2D eigenvalue weighted by Gasteiger charge is 2.21. The Morgan fingerprint density at radius 1 is 1.39 bits per heavy atom. The maximum atomic E-state index is 12.3. The summed E-state index contributed by atoms with van der Waals surface area (Å²) in [7, 11) is 1.59. The first kappa shape index (κ1) is 15.2. The van der Waals surface area contributed by atoms with Gasteiger partial charge in [-0.2, -0.15) is 0 Å². The minimum Gasteiger partial charge on any atom is -0.334 e. The van der Waals surface area contributed by atoms with E-state index in [0.717, 1.165) is 30.8 Å². The number of likely N-dealkylation sites (N-methyl/N-ethyl adjacent to an activating group) is 1. The lowest BCUT2D eigenvalue weighted by molar-refractivity contribution is -0.116. The number of carbonyl (C=O) groups excluding carboxylic acids is 2. The second-order valence-corrected chi connectivity index (χ2v) is 5.77. The molecule has 1 N–H and O–H groups in total. The smallest absolute Gasteiger partial charge is 0.274 e. The van der Waals surface area contributed by atoms with Crippen molar-refractivity contribution in [3.63, 3.8) is 0 Å². The topological polar surface area (TPSA) is 80.1 Å². The summed E-state index contributed by atoms with van der Waals surface area (Å²) in [5.74, 6) is 0.875. The fourth-order valence-corrected chi connectivity index (χ4v) is 2.56. The van der Waals surface area contributed by atoms with Gasteiger partial charge in [-0.05, 0) is 25.0 Å². The van der Waals surface area contributed by atoms with Crippen LogP contribution in [-0.4, -0.2) is 44.8 Å². The summed E-state index contributed by atoms with van der Waals surface area (Å²) in [6.45, 7) is 2.78. The predicted octanol–water partition coefficient (Wildman–Crippen LogP) is 1.24. The zero-order valence-electron chi connectivity index (χ0n) is 13.2. The summed E-state index contributed by atoms with van der Waals surface area (Å²) >= 11 is 0. The molecule has 0 atom stereocenters. The predicted molar refractivity (Wildman–Crippen MR) is 85.1 cm³/mol. The molecule has 3 heterocycles. The summed E-state index contributed by atoms with van der Waals surface area (Å²) < 4.78 is 2.00. The quantitative estimate of drug-likeness (QED) is 0.921. The molecule has 2 aromatic heterocycles. The molecular formula is C16H19N5O2. The Labute approximate surface area is 134 Å². The Bertz CT molecular complexity index is 714. The van der Waals surface area contributed by atoms with E-state index in [2.05, 4.69) is 15.3 Å². The van der Waals surface area contributed by atoms with Crippen LogP contribution < -0.4 is 5.32 Å². The van der Waals surface area contributed by atoms with Crippen LogP contribution in [0.5, 0.6) is 0 Å². The van der Waals surface area contributed by atoms with Gasteiger partial charge in [-0.25, -0.2) is 9.97 Å². The van der Waals surface area contributed by atoms with E-state index in [1.54, 1.807) is 25.5 Å². The highest BCUT2D eigenvalue weighted by Crippen LogP contribution is 2.15. The van der Waals surface area contributed by atoms with Crippen LogP contribution in [0.3, 0.4) is 0 Å². The van der Waals surface area contributed by atoms with E-state index in [1.807, 2.05) is 17.6 Å². The second kappa shape index (κ2) is 6.20. The Morgan fingerprint density at radius 3 is 2.91 bits per heavy atom. The normalized spacial score (nSPS) is 12.8. The first-order valence-electron chi connectivity index (χ1n) is 7.57. The van der Waals surface area contributed by atoms with Crippen molar-refractivity contribution >= 4 is 17.6 Å². The summed E-state index contributed by atoms with van der Waals surface area (Å²) in [6.07, 6.45) is 5.41. The number of aromatic nitrogens is 3. The van der Waals surface area contributed by atoms with Gasteiger partial charge in [0.1, 0.15) is 17.3 Å². The Morgan fingerprint density at radius 2 is 2.22 bits per heavy atom.